The molecular weight excluding hydrogens is 366 g/mol. The molecule has 8 heteroatoms. The van der Waals surface area contributed by atoms with Gasteiger partial charge in [-0.3, -0.25) is 19.8 Å². The van der Waals surface area contributed by atoms with Gasteiger partial charge >= 0.3 is 0 Å². The Morgan fingerprint density at radius 3 is 2.57 bits per heavy atom. The number of aromatic nitrogens is 1. The van der Waals surface area contributed by atoms with Crippen molar-refractivity contribution in [2.45, 2.75) is 26.8 Å². The molecular formula is C20H22F2N4O2. The minimum Gasteiger partial charge on any atom is -0.339 e. The van der Waals surface area contributed by atoms with E-state index in [2.05, 4.69) is 24.2 Å². The van der Waals surface area contributed by atoms with Crippen LogP contribution < -0.4 is 5.32 Å². The summed E-state index contributed by atoms with van der Waals surface area (Å²) < 4.78 is 28.4. The molecule has 2 heterocycles. The topological polar surface area (TPSA) is 66.7 Å². The Balaban J connectivity index is 1.87. The number of hydrogen-bond donors (Lipinski definition) is 1. The molecule has 0 aliphatic carbocycles. The number of hydrogen-bond acceptors (Lipinski definition) is 3. The first-order chi connectivity index (χ1) is 13.2. The van der Waals surface area contributed by atoms with Crippen LogP contribution in [0, 0.1) is 17.6 Å². The van der Waals surface area contributed by atoms with Gasteiger partial charge in [0, 0.05) is 19.8 Å². The average molecular weight is 388 g/mol. The molecule has 3 rings (SSSR count). The highest BCUT2D eigenvalue weighted by molar-refractivity contribution is 6.11. The van der Waals surface area contributed by atoms with E-state index in [1.165, 1.54) is 11.0 Å². The standard InChI is InChI=1S/C20H22F2N4O2/c1-12(2)6-14-8-17(19(28)24-20-23-9-18(27)25(20)3)26(11-14)10-13-4-5-15(21)16(22)7-13/h4-5,7-8,11-12H,6,9-10H2,1-3H3,(H,23,24,28). The third kappa shape index (κ3) is 4.27. The molecule has 0 fully saturated rings. The molecule has 1 aromatic heterocycles. The minimum absolute atomic E-state index is 0.000576. The monoisotopic (exact) mass is 388 g/mol. The van der Waals surface area contributed by atoms with E-state index in [0.717, 1.165) is 24.1 Å². The number of carbonyl (C=O) groups excluding carboxylic acids is 2. The van der Waals surface area contributed by atoms with Crippen LogP contribution in [0.2, 0.25) is 0 Å². The fourth-order valence-electron chi connectivity index (χ4n) is 3.07. The van der Waals surface area contributed by atoms with Crippen molar-refractivity contribution < 1.29 is 18.4 Å². The highest BCUT2D eigenvalue weighted by Crippen LogP contribution is 2.17. The summed E-state index contributed by atoms with van der Waals surface area (Å²) >= 11 is 0. The second kappa shape index (κ2) is 7.92. The summed E-state index contributed by atoms with van der Waals surface area (Å²) in [5.41, 5.74) is 1.85. The van der Waals surface area contributed by atoms with Crippen LogP contribution in [0.3, 0.4) is 0 Å². The lowest BCUT2D eigenvalue weighted by atomic mass is 10.1. The van der Waals surface area contributed by atoms with Crippen molar-refractivity contribution in [3.8, 4) is 0 Å². The number of aliphatic imine (C=N–C) groups is 1. The van der Waals surface area contributed by atoms with Gasteiger partial charge in [0.05, 0.1) is 0 Å². The fourth-order valence-corrected chi connectivity index (χ4v) is 3.07. The second-order valence-electron chi connectivity index (χ2n) is 7.25. The summed E-state index contributed by atoms with van der Waals surface area (Å²) in [7, 11) is 1.54. The maximum absolute atomic E-state index is 13.6. The smallest absolute Gasteiger partial charge is 0.274 e. The van der Waals surface area contributed by atoms with Gasteiger partial charge in [0.15, 0.2) is 11.6 Å². The molecule has 0 bridgehead atoms. The Morgan fingerprint density at radius 2 is 1.96 bits per heavy atom. The molecule has 0 saturated carbocycles. The SMILES string of the molecule is CC(C)Cc1cc(C(=O)NC2=NCC(=O)N2C)n(Cc2ccc(F)c(F)c2)c1. The summed E-state index contributed by atoms with van der Waals surface area (Å²) in [6, 6.07) is 5.44. The molecule has 6 nitrogen and oxygen atoms in total. The summed E-state index contributed by atoms with van der Waals surface area (Å²) in [5.74, 6) is -1.88. The first-order valence-corrected chi connectivity index (χ1v) is 9.00. The van der Waals surface area contributed by atoms with Gasteiger partial charge in [-0.1, -0.05) is 19.9 Å². The van der Waals surface area contributed by atoms with Gasteiger partial charge in [0.2, 0.25) is 5.96 Å². The maximum Gasteiger partial charge on any atom is 0.274 e. The molecule has 0 atom stereocenters. The number of rotatable bonds is 5. The van der Waals surface area contributed by atoms with Crippen molar-refractivity contribution in [3.05, 3.63) is 58.9 Å². The van der Waals surface area contributed by atoms with Crippen molar-refractivity contribution in [2.24, 2.45) is 10.9 Å². The lowest BCUT2D eigenvalue weighted by Gasteiger charge is -2.14. The molecule has 1 aromatic carbocycles. The zero-order valence-electron chi connectivity index (χ0n) is 16.0. The highest BCUT2D eigenvalue weighted by atomic mass is 19.2. The molecule has 28 heavy (non-hydrogen) atoms. The van der Waals surface area contributed by atoms with Crippen LogP contribution in [0.5, 0.6) is 0 Å². The van der Waals surface area contributed by atoms with E-state index in [0.29, 0.717) is 17.2 Å². The molecule has 1 aliphatic heterocycles. The van der Waals surface area contributed by atoms with Gasteiger partial charge in [0.1, 0.15) is 12.2 Å². The summed E-state index contributed by atoms with van der Waals surface area (Å²) in [6.07, 6.45) is 2.60. The van der Waals surface area contributed by atoms with Crippen LogP contribution in [-0.4, -0.2) is 40.8 Å². The number of likely N-dealkylation sites (N-methyl/N-ethyl adjacent to an activating group) is 1. The number of halogens is 2. The molecule has 2 amide bonds. The zero-order valence-corrected chi connectivity index (χ0v) is 16.0. The molecule has 1 aliphatic rings. The number of carbonyl (C=O) groups is 2. The maximum atomic E-state index is 13.6. The van der Waals surface area contributed by atoms with E-state index in [-0.39, 0.29) is 25.0 Å². The first kappa shape index (κ1) is 19.7. The molecule has 0 spiro atoms. The Hall–Kier alpha value is -3.03. The minimum atomic E-state index is -0.932. The summed E-state index contributed by atoms with van der Waals surface area (Å²) in [4.78, 5) is 29.7. The third-order valence-corrected chi connectivity index (χ3v) is 4.45. The number of amides is 2. The average Bonchev–Trinajstić information content (AvgIpc) is 3.15. The van der Waals surface area contributed by atoms with E-state index in [9.17, 15) is 18.4 Å². The highest BCUT2D eigenvalue weighted by Gasteiger charge is 2.25. The fraction of sp³-hybridized carbons (Fsp3) is 0.350. The van der Waals surface area contributed by atoms with E-state index in [4.69, 9.17) is 0 Å². The third-order valence-electron chi connectivity index (χ3n) is 4.45. The Bertz CT molecular complexity index is 950. The van der Waals surface area contributed by atoms with E-state index in [1.54, 1.807) is 17.7 Å². The second-order valence-corrected chi connectivity index (χ2v) is 7.25. The van der Waals surface area contributed by atoms with Crippen LogP contribution in [0.1, 0.15) is 35.5 Å². The van der Waals surface area contributed by atoms with Crippen molar-refractivity contribution in [2.75, 3.05) is 13.6 Å². The largest absolute Gasteiger partial charge is 0.339 e. The Kier molecular flexibility index (Phi) is 5.58. The lowest BCUT2D eigenvalue weighted by Crippen LogP contribution is -2.41. The quantitative estimate of drug-likeness (QED) is 0.856. The number of nitrogens with zero attached hydrogens (tertiary/aromatic N) is 3. The van der Waals surface area contributed by atoms with Crippen LogP contribution in [0.15, 0.2) is 35.5 Å². The van der Waals surface area contributed by atoms with Crippen molar-refractivity contribution in [1.82, 2.24) is 14.8 Å². The van der Waals surface area contributed by atoms with Gasteiger partial charge in [-0.2, -0.15) is 0 Å². The predicted molar refractivity (Wildman–Crippen MR) is 101 cm³/mol. The number of nitrogens with one attached hydrogen (secondary N) is 1. The van der Waals surface area contributed by atoms with Crippen molar-refractivity contribution in [1.29, 1.82) is 0 Å². The van der Waals surface area contributed by atoms with Crippen LogP contribution >= 0.6 is 0 Å². The van der Waals surface area contributed by atoms with Gasteiger partial charge in [-0.25, -0.2) is 13.8 Å². The molecule has 148 valence electrons. The molecule has 1 N–H and O–H groups in total. The Labute approximate surface area is 161 Å². The van der Waals surface area contributed by atoms with Gasteiger partial charge in [-0.15, -0.1) is 0 Å². The van der Waals surface area contributed by atoms with E-state index >= 15 is 0 Å². The van der Waals surface area contributed by atoms with Crippen LogP contribution in [0.25, 0.3) is 0 Å². The Morgan fingerprint density at radius 1 is 1.21 bits per heavy atom. The molecule has 0 saturated heterocycles. The van der Waals surface area contributed by atoms with Crippen LogP contribution in [-0.2, 0) is 17.8 Å². The van der Waals surface area contributed by atoms with Crippen molar-refractivity contribution in [3.63, 3.8) is 0 Å². The summed E-state index contributed by atoms with van der Waals surface area (Å²) in [5, 5.41) is 2.65. The molecule has 2 aromatic rings. The first-order valence-electron chi connectivity index (χ1n) is 9.00. The van der Waals surface area contributed by atoms with E-state index in [1.807, 2.05) is 6.20 Å². The van der Waals surface area contributed by atoms with Gasteiger partial charge in [0.25, 0.3) is 11.8 Å². The molecule has 0 unspecified atom stereocenters. The normalized spacial score (nSPS) is 14.0. The van der Waals surface area contributed by atoms with E-state index < -0.39 is 17.5 Å². The van der Waals surface area contributed by atoms with Crippen molar-refractivity contribution >= 4 is 17.8 Å². The van der Waals surface area contributed by atoms with Gasteiger partial charge in [-0.05, 0) is 41.7 Å². The zero-order chi connectivity index (χ0) is 20.4. The lowest BCUT2D eigenvalue weighted by molar-refractivity contribution is -0.123. The van der Waals surface area contributed by atoms with Crippen LogP contribution in [0.4, 0.5) is 8.78 Å². The number of guanidine groups is 1. The summed E-state index contributed by atoms with van der Waals surface area (Å²) in [6.45, 7) is 4.35. The molecule has 0 radical (unpaired) electrons. The van der Waals surface area contributed by atoms with Gasteiger partial charge < -0.3 is 4.57 Å². The predicted octanol–water partition coefficient (Wildman–Crippen LogP) is 2.57. The number of benzene rings is 1.